The van der Waals surface area contributed by atoms with Crippen LogP contribution >= 0.6 is 0 Å². The number of ether oxygens (including phenoxy) is 1. The van der Waals surface area contributed by atoms with E-state index < -0.39 is 47.4 Å². The molecule has 1 aromatic carbocycles. The van der Waals surface area contributed by atoms with Gasteiger partial charge in [-0.3, -0.25) is 9.89 Å². The molecule has 3 atom stereocenters. The first-order valence-electron chi connectivity index (χ1n) is 12.3. The zero-order chi connectivity index (χ0) is 28.8. The Morgan fingerprint density at radius 3 is 2.38 bits per heavy atom. The molecule has 212 valence electrons. The summed E-state index contributed by atoms with van der Waals surface area (Å²) in [6.07, 6.45) is -4.98. The average molecular weight is 553 g/mol. The summed E-state index contributed by atoms with van der Waals surface area (Å²) in [5.41, 5.74) is -1.31. The summed E-state index contributed by atoms with van der Waals surface area (Å²) in [5, 5.41) is 29.8. The van der Waals surface area contributed by atoms with E-state index in [4.69, 9.17) is 9.15 Å². The van der Waals surface area contributed by atoms with E-state index in [0.717, 1.165) is 18.6 Å². The summed E-state index contributed by atoms with van der Waals surface area (Å²) in [5.74, 6) is -0.589. The number of aromatic amines is 1. The maximum atomic E-state index is 12.9. The molecule has 2 amide bonds. The lowest BCUT2D eigenvalue weighted by Crippen LogP contribution is -2.49. The third kappa shape index (κ3) is 8.02. The summed E-state index contributed by atoms with van der Waals surface area (Å²) < 4.78 is 49.9. The van der Waals surface area contributed by atoms with Crippen LogP contribution in [0.2, 0.25) is 0 Å². The molecule has 0 aliphatic heterocycles. The molecule has 0 saturated heterocycles. The van der Waals surface area contributed by atoms with Crippen molar-refractivity contribution in [1.29, 1.82) is 0 Å². The van der Waals surface area contributed by atoms with Gasteiger partial charge in [-0.25, -0.2) is 4.79 Å². The SMILES string of the molecule is CCCC[C@H](NC(=O)O[C@@H](c1nnc(-c2ccc(C(F)(F)F)cc2)o1)C(C)(C)C)[C@H](O)C(=O)Nc1ccn[nH]1. The zero-order valence-corrected chi connectivity index (χ0v) is 21.9. The van der Waals surface area contributed by atoms with Crippen molar-refractivity contribution < 1.29 is 37.0 Å². The molecule has 2 heterocycles. The minimum Gasteiger partial charge on any atom is -0.436 e. The lowest BCUT2D eigenvalue weighted by molar-refractivity contribution is -0.137. The van der Waals surface area contributed by atoms with Crippen molar-refractivity contribution in [3.63, 3.8) is 0 Å². The Kier molecular flexibility index (Phi) is 9.32. The Hall–Kier alpha value is -3.94. The molecular formula is C25H31F3N6O5. The van der Waals surface area contributed by atoms with Gasteiger partial charge in [0, 0.05) is 17.0 Å². The van der Waals surface area contributed by atoms with Crippen molar-refractivity contribution in [2.45, 2.75) is 71.4 Å². The van der Waals surface area contributed by atoms with Crippen LogP contribution in [-0.4, -0.2) is 49.6 Å². The summed E-state index contributed by atoms with van der Waals surface area (Å²) >= 11 is 0. The van der Waals surface area contributed by atoms with Gasteiger partial charge in [-0.15, -0.1) is 10.2 Å². The second-order valence-corrected chi connectivity index (χ2v) is 9.97. The number of hydrogen-bond acceptors (Lipinski definition) is 8. The Morgan fingerprint density at radius 1 is 1.13 bits per heavy atom. The number of hydrogen-bond donors (Lipinski definition) is 4. The van der Waals surface area contributed by atoms with E-state index in [0.29, 0.717) is 12.8 Å². The van der Waals surface area contributed by atoms with E-state index in [1.54, 1.807) is 20.8 Å². The quantitative estimate of drug-likeness (QED) is 0.278. The summed E-state index contributed by atoms with van der Waals surface area (Å²) in [6.45, 7) is 7.20. The van der Waals surface area contributed by atoms with Crippen LogP contribution < -0.4 is 10.6 Å². The number of unbranched alkanes of at least 4 members (excludes halogenated alkanes) is 1. The number of carbonyl (C=O) groups is 2. The normalized spacial score (nSPS) is 14.4. The van der Waals surface area contributed by atoms with Gasteiger partial charge in [-0.1, -0.05) is 40.5 Å². The smallest absolute Gasteiger partial charge is 0.416 e. The molecule has 0 radical (unpaired) electrons. The topological polar surface area (TPSA) is 155 Å². The monoisotopic (exact) mass is 552 g/mol. The number of carbonyl (C=O) groups excluding carboxylic acids is 2. The number of amides is 2. The molecule has 39 heavy (non-hydrogen) atoms. The number of nitrogens with zero attached hydrogens (tertiary/aromatic N) is 3. The molecule has 3 aromatic rings. The molecule has 11 nitrogen and oxygen atoms in total. The van der Waals surface area contributed by atoms with Crippen molar-refractivity contribution in [2.24, 2.45) is 5.41 Å². The fourth-order valence-electron chi connectivity index (χ4n) is 3.60. The summed E-state index contributed by atoms with van der Waals surface area (Å²) in [4.78, 5) is 25.4. The maximum absolute atomic E-state index is 12.9. The first-order chi connectivity index (χ1) is 18.3. The number of anilines is 1. The molecule has 0 aliphatic carbocycles. The van der Waals surface area contributed by atoms with Crippen LogP contribution in [0.4, 0.5) is 23.8 Å². The van der Waals surface area contributed by atoms with Gasteiger partial charge in [0.1, 0.15) is 5.82 Å². The van der Waals surface area contributed by atoms with Crippen molar-refractivity contribution in [3.8, 4) is 11.5 Å². The second kappa shape index (κ2) is 12.3. The predicted molar refractivity (Wildman–Crippen MR) is 133 cm³/mol. The molecule has 0 spiro atoms. The number of nitrogens with one attached hydrogen (secondary N) is 3. The van der Waals surface area contributed by atoms with Crippen molar-refractivity contribution in [2.75, 3.05) is 5.32 Å². The molecule has 0 bridgehead atoms. The van der Waals surface area contributed by atoms with Crippen molar-refractivity contribution in [1.82, 2.24) is 25.7 Å². The van der Waals surface area contributed by atoms with E-state index in [1.807, 2.05) is 6.92 Å². The largest absolute Gasteiger partial charge is 0.436 e. The molecule has 14 heteroatoms. The Balaban J connectivity index is 1.74. The van der Waals surface area contributed by atoms with Crippen LogP contribution in [0.15, 0.2) is 40.9 Å². The van der Waals surface area contributed by atoms with Gasteiger partial charge < -0.3 is 24.9 Å². The van der Waals surface area contributed by atoms with E-state index in [2.05, 4.69) is 31.0 Å². The number of alkyl carbamates (subject to hydrolysis) is 1. The standard InChI is InChI=1S/C25H31F3N6O5/c1-5-6-7-16(18(35)20(36)31-17-12-13-29-32-17)30-23(37)38-19(24(2,3)4)22-34-33-21(39-22)14-8-10-15(11-9-14)25(26,27)28/h8-13,16,18-19,35H,5-7H2,1-4H3,(H,30,37)(H2,29,31,32,36)/t16-,18-,19-/m0/s1. The number of halogens is 3. The number of H-pyrrole nitrogens is 1. The lowest BCUT2D eigenvalue weighted by Gasteiger charge is -2.29. The highest BCUT2D eigenvalue weighted by atomic mass is 19.4. The number of aromatic nitrogens is 4. The van der Waals surface area contributed by atoms with Crippen molar-refractivity contribution >= 4 is 17.8 Å². The molecule has 0 aliphatic rings. The molecule has 0 unspecified atom stereocenters. The van der Waals surface area contributed by atoms with Crippen LogP contribution in [0.25, 0.3) is 11.5 Å². The van der Waals surface area contributed by atoms with Crippen LogP contribution in [0.5, 0.6) is 0 Å². The zero-order valence-electron chi connectivity index (χ0n) is 21.9. The maximum Gasteiger partial charge on any atom is 0.416 e. The Labute approximate surface area is 222 Å². The van der Waals surface area contributed by atoms with Gasteiger partial charge in [0.05, 0.1) is 17.8 Å². The molecule has 0 saturated carbocycles. The van der Waals surface area contributed by atoms with Crippen LogP contribution in [0, 0.1) is 5.41 Å². The highest BCUT2D eigenvalue weighted by molar-refractivity contribution is 5.94. The first-order valence-corrected chi connectivity index (χ1v) is 12.3. The molecule has 3 rings (SSSR count). The van der Waals surface area contributed by atoms with Gasteiger partial charge in [0.15, 0.2) is 12.2 Å². The van der Waals surface area contributed by atoms with Gasteiger partial charge in [-0.2, -0.15) is 18.3 Å². The first kappa shape index (κ1) is 29.6. The highest BCUT2D eigenvalue weighted by Gasteiger charge is 2.37. The highest BCUT2D eigenvalue weighted by Crippen LogP contribution is 2.37. The third-order valence-corrected chi connectivity index (χ3v) is 5.72. The Bertz CT molecular complexity index is 1220. The van der Waals surface area contributed by atoms with Crippen LogP contribution in [-0.2, 0) is 15.7 Å². The van der Waals surface area contributed by atoms with E-state index in [9.17, 15) is 27.9 Å². The summed E-state index contributed by atoms with van der Waals surface area (Å²) in [7, 11) is 0. The van der Waals surface area contributed by atoms with Gasteiger partial charge in [0.2, 0.25) is 5.89 Å². The fraction of sp³-hybridized carbons (Fsp3) is 0.480. The number of aliphatic hydroxyl groups is 1. The van der Waals surface area contributed by atoms with Crippen LogP contribution in [0.1, 0.15) is 64.5 Å². The van der Waals surface area contributed by atoms with Crippen molar-refractivity contribution in [3.05, 3.63) is 48.0 Å². The number of aliphatic hydroxyl groups excluding tert-OH is 1. The second-order valence-electron chi connectivity index (χ2n) is 9.97. The predicted octanol–water partition coefficient (Wildman–Crippen LogP) is 4.85. The van der Waals surface area contributed by atoms with Gasteiger partial charge >= 0.3 is 12.3 Å². The van der Waals surface area contributed by atoms with E-state index >= 15 is 0 Å². The molecule has 0 fully saturated rings. The Morgan fingerprint density at radius 2 is 1.82 bits per heavy atom. The number of alkyl halides is 3. The van der Waals surface area contributed by atoms with Crippen LogP contribution in [0.3, 0.4) is 0 Å². The number of rotatable bonds is 10. The molecular weight excluding hydrogens is 521 g/mol. The minimum atomic E-state index is -4.49. The number of benzene rings is 1. The van der Waals surface area contributed by atoms with Gasteiger partial charge in [0.25, 0.3) is 11.8 Å². The van der Waals surface area contributed by atoms with E-state index in [-0.39, 0.29) is 23.2 Å². The fourth-order valence-corrected chi connectivity index (χ4v) is 3.60. The van der Waals surface area contributed by atoms with E-state index in [1.165, 1.54) is 24.4 Å². The average Bonchev–Trinajstić information content (AvgIpc) is 3.56. The molecule has 2 aromatic heterocycles. The third-order valence-electron chi connectivity index (χ3n) is 5.72. The molecule has 4 N–H and O–H groups in total. The van der Waals surface area contributed by atoms with Gasteiger partial charge in [-0.05, 0) is 30.7 Å². The minimum absolute atomic E-state index is 0.0521. The lowest BCUT2D eigenvalue weighted by atomic mass is 9.89. The summed E-state index contributed by atoms with van der Waals surface area (Å²) in [6, 6.07) is 4.74.